The van der Waals surface area contributed by atoms with Crippen molar-refractivity contribution in [2.45, 2.75) is 5.92 Å². The summed E-state index contributed by atoms with van der Waals surface area (Å²) >= 11 is 0. The van der Waals surface area contributed by atoms with Crippen LogP contribution in [0.25, 0.3) is 89.2 Å². The Kier molecular flexibility index (Phi) is 7.56. The highest BCUT2D eigenvalue weighted by molar-refractivity contribution is 6.08. The van der Waals surface area contributed by atoms with Gasteiger partial charge in [-0.25, -0.2) is 9.97 Å². The van der Waals surface area contributed by atoms with Crippen LogP contribution < -0.4 is 0 Å². The summed E-state index contributed by atoms with van der Waals surface area (Å²) in [6, 6.07) is 70.7. The average molecular weight is 715 g/mol. The molecule has 56 heavy (non-hydrogen) atoms. The number of furan rings is 1. The van der Waals surface area contributed by atoms with Crippen molar-refractivity contribution in [1.82, 2.24) is 9.97 Å². The largest absolute Gasteiger partial charge is 0.456 e. The second kappa shape index (κ2) is 13.2. The van der Waals surface area contributed by atoms with Crippen LogP contribution in [0.1, 0.15) is 22.6 Å². The molecule has 0 amide bonds. The molecule has 10 aromatic rings. The van der Waals surface area contributed by atoms with Crippen molar-refractivity contribution in [1.29, 1.82) is 0 Å². The van der Waals surface area contributed by atoms with Crippen molar-refractivity contribution in [2.75, 3.05) is 0 Å². The highest BCUT2D eigenvalue weighted by atomic mass is 16.3. The van der Waals surface area contributed by atoms with E-state index in [2.05, 4.69) is 170 Å². The van der Waals surface area contributed by atoms with Gasteiger partial charge >= 0.3 is 0 Å². The predicted molar refractivity (Wildman–Crippen MR) is 229 cm³/mol. The quantitative estimate of drug-likeness (QED) is 0.172. The number of aromatic nitrogens is 2. The third-order valence-electron chi connectivity index (χ3n) is 11.2. The molecule has 0 aliphatic heterocycles. The molecule has 0 fully saturated rings. The van der Waals surface area contributed by atoms with E-state index in [4.69, 9.17) is 14.4 Å². The molecule has 0 radical (unpaired) electrons. The highest BCUT2D eigenvalue weighted by Gasteiger charge is 2.32. The van der Waals surface area contributed by atoms with E-state index in [1.807, 2.05) is 30.3 Å². The minimum Gasteiger partial charge on any atom is -0.456 e. The summed E-state index contributed by atoms with van der Waals surface area (Å²) in [6.07, 6.45) is 0. The van der Waals surface area contributed by atoms with Crippen LogP contribution in [-0.4, -0.2) is 9.97 Å². The average Bonchev–Trinajstić information content (AvgIpc) is 3.82. The summed E-state index contributed by atoms with van der Waals surface area (Å²) in [7, 11) is 0. The monoisotopic (exact) mass is 714 g/mol. The van der Waals surface area contributed by atoms with Crippen molar-refractivity contribution in [3.63, 3.8) is 0 Å². The molecule has 0 N–H and O–H groups in total. The number of hydrogen-bond acceptors (Lipinski definition) is 3. The fraction of sp³-hybridized carbons (Fsp3) is 0.0189. The number of para-hydroxylation sites is 1. The van der Waals surface area contributed by atoms with Gasteiger partial charge in [-0.3, -0.25) is 0 Å². The molecule has 8 aromatic carbocycles. The number of rotatable bonds is 6. The Balaban J connectivity index is 1.12. The molecule has 0 spiro atoms. The van der Waals surface area contributed by atoms with Gasteiger partial charge < -0.3 is 4.42 Å². The topological polar surface area (TPSA) is 38.9 Å². The Bertz CT molecular complexity index is 3000. The van der Waals surface area contributed by atoms with E-state index in [0.29, 0.717) is 5.82 Å². The number of benzene rings is 8. The van der Waals surface area contributed by atoms with Crippen LogP contribution in [-0.2, 0) is 0 Å². The molecule has 262 valence electrons. The number of hydrogen-bond donors (Lipinski definition) is 0. The fourth-order valence-corrected chi connectivity index (χ4v) is 8.62. The molecule has 0 saturated carbocycles. The van der Waals surface area contributed by atoms with Crippen molar-refractivity contribution in [3.05, 3.63) is 217 Å². The molecular weight excluding hydrogens is 681 g/mol. The zero-order valence-corrected chi connectivity index (χ0v) is 30.4. The summed E-state index contributed by atoms with van der Waals surface area (Å²) in [5, 5.41) is 2.19. The standard InChI is InChI=1S/C53H34N2O/c1-5-16-34(17-6-1)38-28-30-41-40-24-13-14-25-43(40)49(46(41)32-38)45-27-15-26-44-42-31-29-39(33-47(42)56-52(44)45)48-50(35-18-7-2-8-19-35)54-53(37-22-11-4-12-23-37)55-51(48)36-20-9-3-10-21-36/h1-33,49H. The Morgan fingerprint density at radius 2 is 0.911 bits per heavy atom. The second-order valence-corrected chi connectivity index (χ2v) is 14.4. The van der Waals surface area contributed by atoms with E-state index >= 15 is 0 Å². The summed E-state index contributed by atoms with van der Waals surface area (Å²) < 4.78 is 7.05. The molecule has 2 heterocycles. The van der Waals surface area contributed by atoms with Gasteiger partial charge in [-0.2, -0.15) is 0 Å². The van der Waals surface area contributed by atoms with Crippen molar-refractivity contribution in [2.24, 2.45) is 0 Å². The van der Waals surface area contributed by atoms with E-state index in [1.54, 1.807) is 0 Å². The minimum atomic E-state index is 0.0295. The zero-order valence-electron chi connectivity index (χ0n) is 30.4. The molecule has 2 aromatic heterocycles. The van der Waals surface area contributed by atoms with Gasteiger partial charge in [0.15, 0.2) is 5.82 Å². The fourth-order valence-electron chi connectivity index (χ4n) is 8.62. The summed E-state index contributed by atoms with van der Waals surface area (Å²) in [4.78, 5) is 10.6. The Morgan fingerprint density at radius 1 is 0.357 bits per heavy atom. The second-order valence-electron chi connectivity index (χ2n) is 14.4. The van der Waals surface area contributed by atoms with Crippen molar-refractivity contribution in [3.8, 4) is 67.3 Å². The van der Waals surface area contributed by atoms with Crippen LogP contribution in [0.15, 0.2) is 205 Å². The van der Waals surface area contributed by atoms with E-state index in [9.17, 15) is 0 Å². The first kappa shape index (κ1) is 32.1. The molecule has 1 aliphatic carbocycles. The molecular formula is C53H34N2O. The lowest BCUT2D eigenvalue weighted by Crippen LogP contribution is -2.00. The van der Waals surface area contributed by atoms with Gasteiger partial charge in [-0.15, -0.1) is 0 Å². The van der Waals surface area contributed by atoms with Crippen LogP contribution in [0, 0.1) is 0 Å². The zero-order chi connectivity index (χ0) is 37.0. The first-order valence-corrected chi connectivity index (χ1v) is 19.1. The maximum Gasteiger partial charge on any atom is 0.160 e. The summed E-state index contributed by atoms with van der Waals surface area (Å²) in [5.74, 6) is 0.718. The minimum absolute atomic E-state index is 0.0295. The van der Waals surface area contributed by atoms with Crippen LogP contribution in [0.3, 0.4) is 0 Å². The Morgan fingerprint density at radius 3 is 1.59 bits per heavy atom. The molecule has 1 atom stereocenters. The van der Waals surface area contributed by atoms with Gasteiger partial charge in [-0.1, -0.05) is 182 Å². The lowest BCUT2D eigenvalue weighted by Gasteiger charge is -2.17. The third-order valence-corrected chi connectivity index (χ3v) is 11.2. The van der Waals surface area contributed by atoms with Crippen molar-refractivity contribution >= 4 is 21.9 Å². The van der Waals surface area contributed by atoms with E-state index in [0.717, 1.165) is 61.1 Å². The molecule has 1 unspecified atom stereocenters. The first-order valence-electron chi connectivity index (χ1n) is 19.1. The molecule has 3 nitrogen and oxygen atoms in total. The van der Waals surface area contributed by atoms with Crippen LogP contribution >= 0.6 is 0 Å². The SMILES string of the molecule is c1ccc(-c2ccc3c(c2)C(c2cccc4c2oc2cc(-c5c(-c6ccccc6)nc(-c6ccccc6)nc5-c5ccccc5)ccc24)c2ccccc2-3)cc1. The van der Waals surface area contributed by atoms with Crippen molar-refractivity contribution < 1.29 is 4.42 Å². The molecule has 0 saturated heterocycles. The number of fused-ring (bicyclic) bond motifs is 6. The predicted octanol–water partition coefficient (Wildman–Crippen LogP) is 13.9. The smallest absolute Gasteiger partial charge is 0.160 e. The normalized spacial score (nSPS) is 13.2. The maximum atomic E-state index is 7.05. The molecule has 11 rings (SSSR count). The maximum absolute atomic E-state index is 7.05. The van der Waals surface area contributed by atoms with Crippen LogP contribution in [0.2, 0.25) is 0 Å². The van der Waals surface area contributed by atoms with E-state index in [-0.39, 0.29) is 5.92 Å². The van der Waals surface area contributed by atoms with Gasteiger partial charge in [0.05, 0.1) is 11.4 Å². The van der Waals surface area contributed by atoms with Crippen LogP contribution in [0.4, 0.5) is 0 Å². The highest BCUT2D eigenvalue weighted by Crippen LogP contribution is 2.51. The van der Waals surface area contributed by atoms with Gasteiger partial charge in [0.1, 0.15) is 11.2 Å². The van der Waals surface area contributed by atoms with Gasteiger partial charge in [0.25, 0.3) is 0 Å². The molecule has 0 bridgehead atoms. The lowest BCUT2D eigenvalue weighted by molar-refractivity contribution is 0.661. The lowest BCUT2D eigenvalue weighted by atomic mass is 9.87. The van der Waals surface area contributed by atoms with E-state index < -0.39 is 0 Å². The van der Waals surface area contributed by atoms with Gasteiger partial charge in [0.2, 0.25) is 0 Å². The summed E-state index contributed by atoms with van der Waals surface area (Å²) in [5.41, 5.74) is 17.3. The summed E-state index contributed by atoms with van der Waals surface area (Å²) in [6.45, 7) is 0. The first-order chi connectivity index (χ1) is 27.8. The Labute approximate surface area is 325 Å². The number of nitrogens with zero attached hydrogens (tertiary/aromatic N) is 2. The van der Waals surface area contributed by atoms with Gasteiger partial charge in [-0.05, 0) is 57.1 Å². The van der Waals surface area contributed by atoms with Crippen LogP contribution in [0.5, 0.6) is 0 Å². The third kappa shape index (κ3) is 5.28. The van der Waals surface area contributed by atoms with E-state index in [1.165, 1.54) is 38.9 Å². The Hall–Kier alpha value is -7.36. The molecule has 3 heteroatoms. The van der Waals surface area contributed by atoms with Gasteiger partial charge in [0, 0.05) is 44.5 Å². The molecule has 1 aliphatic rings.